The molecule has 1 atom stereocenters. The SMILES string of the molecule is CC(C#N)SCC1CNC1. The molecule has 10 heavy (non-hydrogen) atoms. The largest absolute Gasteiger partial charge is 0.316 e. The van der Waals surface area contributed by atoms with E-state index >= 15 is 0 Å². The maximum atomic E-state index is 8.45. The summed E-state index contributed by atoms with van der Waals surface area (Å²) in [6.07, 6.45) is 0. The van der Waals surface area contributed by atoms with Crippen molar-refractivity contribution >= 4 is 11.8 Å². The lowest BCUT2D eigenvalue weighted by Gasteiger charge is -2.26. The van der Waals surface area contributed by atoms with E-state index in [1.165, 1.54) is 0 Å². The van der Waals surface area contributed by atoms with Crippen LogP contribution < -0.4 is 5.32 Å². The molecule has 0 amide bonds. The molecule has 3 heteroatoms. The number of nitrogens with zero attached hydrogens (tertiary/aromatic N) is 1. The van der Waals surface area contributed by atoms with E-state index in [0.29, 0.717) is 0 Å². The molecule has 1 saturated heterocycles. The summed E-state index contributed by atoms with van der Waals surface area (Å²) >= 11 is 1.76. The fourth-order valence-electron chi connectivity index (χ4n) is 0.784. The van der Waals surface area contributed by atoms with Crippen LogP contribution in [0.1, 0.15) is 6.92 Å². The van der Waals surface area contributed by atoms with Gasteiger partial charge in [0.15, 0.2) is 0 Å². The van der Waals surface area contributed by atoms with Gasteiger partial charge in [0, 0.05) is 0 Å². The molecule has 0 aromatic heterocycles. The van der Waals surface area contributed by atoms with Gasteiger partial charge in [0.1, 0.15) is 0 Å². The Morgan fingerprint density at radius 1 is 1.80 bits per heavy atom. The summed E-state index contributed by atoms with van der Waals surface area (Å²) in [7, 11) is 0. The van der Waals surface area contributed by atoms with Crippen molar-refractivity contribution in [1.82, 2.24) is 5.32 Å². The van der Waals surface area contributed by atoms with Crippen molar-refractivity contribution < 1.29 is 0 Å². The topological polar surface area (TPSA) is 35.8 Å². The van der Waals surface area contributed by atoms with Crippen LogP contribution >= 0.6 is 11.8 Å². The minimum absolute atomic E-state index is 0.167. The van der Waals surface area contributed by atoms with Gasteiger partial charge >= 0.3 is 0 Å². The Bertz CT molecular complexity index is 137. The highest BCUT2D eigenvalue weighted by atomic mass is 32.2. The molecule has 0 aliphatic carbocycles. The predicted molar refractivity (Wildman–Crippen MR) is 43.9 cm³/mol. The van der Waals surface area contributed by atoms with Crippen LogP contribution in [0.3, 0.4) is 0 Å². The quantitative estimate of drug-likeness (QED) is 0.658. The van der Waals surface area contributed by atoms with Gasteiger partial charge in [-0.2, -0.15) is 5.26 Å². The van der Waals surface area contributed by atoms with E-state index < -0.39 is 0 Å². The van der Waals surface area contributed by atoms with Crippen molar-refractivity contribution in [2.75, 3.05) is 18.8 Å². The lowest BCUT2D eigenvalue weighted by atomic mass is 10.1. The van der Waals surface area contributed by atoms with Crippen molar-refractivity contribution in [3.05, 3.63) is 0 Å². The summed E-state index contributed by atoms with van der Waals surface area (Å²) < 4.78 is 0. The van der Waals surface area contributed by atoms with Crippen molar-refractivity contribution in [2.45, 2.75) is 12.2 Å². The van der Waals surface area contributed by atoms with Gasteiger partial charge in [0.25, 0.3) is 0 Å². The maximum absolute atomic E-state index is 8.45. The first-order valence-electron chi connectivity index (χ1n) is 3.55. The van der Waals surface area contributed by atoms with E-state index in [9.17, 15) is 0 Å². The first-order chi connectivity index (χ1) is 4.83. The number of rotatable bonds is 3. The molecule has 1 unspecified atom stereocenters. The van der Waals surface area contributed by atoms with Crippen LogP contribution in [0.5, 0.6) is 0 Å². The van der Waals surface area contributed by atoms with Crippen LogP contribution in [0.25, 0.3) is 0 Å². The van der Waals surface area contributed by atoms with E-state index in [2.05, 4.69) is 11.4 Å². The Labute approximate surface area is 66.0 Å². The van der Waals surface area contributed by atoms with Gasteiger partial charge in [0.05, 0.1) is 11.3 Å². The van der Waals surface area contributed by atoms with Gasteiger partial charge in [-0.05, 0) is 31.7 Å². The smallest absolute Gasteiger partial charge is 0.0888 e. The maximum Gasteiger partial charge on any atom is 0.0888 e. The fourth-order valence-corrected chi connectivity index (χ4v) is 1.66. The molecule has 0 bridgehead atoms. The molecule has 0 aromatic rings. The summed E-state index contributed by atoms with van der Waals surface area (Å²) in [5.41, 5.74) is 0. The van der Waals surface area contributed by atoms with Crippen LogP contribution in [0.2, 0.25) is 0 Å². The number of nitrogens with one attached hydrogen (secondary N) is 1. The molecule has 0 radical (unpaired) electrons. The Morgan fingerprint density at radius 3 is 2.90 bits per heavy atom. The van der Waals surface area contributed by atoms with Crippen molar-refractivity contribution in [3.8, 4) is 6.07 Å². The summed E-state index contributed by atoms with van der Waals surface area (Å²) in [4.78, 5) is 0. The summed E-state index contributed by atoms with van der Waals surface area (Å²) in [6.45, 7) is 4.24. The zero-order valence-electron chi connectivity index (χ0n) is 6.13. The first kappa shape index (κ1) is 7.90. The summed E-state index contributed by atoms with van der Waals surface area (Å²) in [6, 6.07) is 2.21. The highest BCUT2D eigenvalue weighted by Gasteiger charge is 2.17. The zero-order valence-corrected chi connectivity index (χ0v) is 6.95. The molecule has 1 fully saturated rings. The van der Waals surface area contributed by atoms with E-state index in [1.807, 2.05) is 6.92 Å². The molecule has 1 aliphatic heterocycles. The average Bonchev–Trinajstić information content (AvgIpc) is 1.84. The number of hydrogen-bond donors (Lipinski definition) is 1. The average molecular weight is 156 g/mol. The van der Waals surface area contributed by atoms with Gasteiger partial charge in [-0.1, -0.05) is 0 Å². The monoisotopic (exact) mass is 156 g/mol. The van der Waals surface area contributed by atoms with E-state index in [0.717, 1.165) is 24.8 Å². The third kappa shape index (κ3) is 2.20. The van der Waals surface area contributed by atoms with Crippen LogP contribution in [-0.4, -0.2) is 24.1 Å². The normalized spacial score (nSPS) is 21.2. The third-order valence-corrected chi connectivity index (χ3v) is 2.90. The van der Waals surface area contributed by atoms with Gasteiger partial charge < -0.3 is 5.32 Å². The molecule has 1 aliphatic rings. The highest BCUT2D eigenvalue weighted by Crippen LogP contribution is 2.16. The molecule has 0 saturated carbocycles. The van der Waals surface area contributed by atoms with Gasteiger partial charge in [-0.15, -0.1) is 11.8 Å². The van der Waals surface area contributed by atoms with Crippen LogP contribution in [-0.2, 0) is 0 Å². The van der Waals surface area contributed by atoms with Crippen molar-refractivity contribution in [1.29, 1.82) is 5.26 Å². The standard InChI is InChI=1S/C7H12N2S/c1-6(2-8)10-5-7-3-9-4-7/h6-7,9H,3-5H2,1H3. The zero-order chi connectivity index (χ0) is 7.40. The van der Waals surface area contributed by atoms with Gasteiger partial charge in [0.2, 0.25) is 0 Å². The van der Waals surface area contributed by atoms with Crippen LogP contribution in [0, 0.1) is 17.2 Å². The predicted octanol–water partition coefficient (Wildman–Crippen LogP) is 0.851. The molecule has 2 nitrogen and oxygen atoms in total. The Hall–Kier alpha value is -0.200. The number of thioether (sulfide) groups is 1. The first-order valence-corrected chi connectivity index (χ1v) is 4.59. The summed E-state index contributed by atoms with van der Waals surface area (Å²) in [5.74, 6) is 1.96. The molecule has 0 spiro atoms. The molecule has 1 rings (SSSR count). The van der Waals surface area contributed by atoms with Crippen LogP contribution in [0.15, 0.2) is 0 Å². The summed E-state index contributed by atoms with van der Waals surface area (Å²) in [5, 5.41) is 11.8. The van der Waals surface area contributed by atoms with Crippen molar-refractivity contribution in [2.24, 2.45) is 5.92 Å². The lowest BCUT2D eigenvalue weighted by Crippen LogP contribution is -2.43. The van der Waals surface area contributed by atoms with E-state index in [4.69, 9.17) is 5.26 Å². The van der Waals surface area contributed by atoms with Gasteiger partial charge in [-0.3, -0.25) is 0 Å². The minimum atomic E-state index is 0.167. The molecule has 1 heterocycles. The van der Waals surface area contributed by atoms with Crippen molar-refractivity contribution in [3.63, 3.8) is 0 Å². The fraction of sp³-hybridized carbons (Fsp3) is 0.857. The Kier molecular flexibility index (Phi) is 3.04. The van der Waals surface area contributed by atoms with Crippen LogP contribution in [0.4, 0.5) is 0 Å². The van der Waals surface area contributed by atoms with E-state index in [1.54, 1.807) is 11.8 Å². The molecular formula is C7H12N2S. The second-order valence-corrected chi connectivity index (χ2v) is 4.00. The third-order valence-electron chi connectivity index (χ3n) is 1.63. The van der Waals surface area contributed by atoms with E-state index in [-0.39, 0.29) is 5.25 Å². The molecule has 1 N–H and O–H groups in total. The molecule has 0 aromatic carbocycles. The lowest BCUT2D eigenvalue weighted by molar-refractivity contribution is 0.385. The minimum Gasteiger partial charge on any atom is -0.316 e. The second-order valence-electron chi connectivity index (χ2n) is 2.63. The van der Waals surface area contributed by atoms with Gasteiger partial charge in [-0.25, -0.2) is 0 Å². The molecular weight excluding hydrogens is 144 g/mol. The Balaban J connectivity index is 1.99. The Morgan fingerprint density at radius 2 is 2.50 bits per heavy atom. The number of nitriles is 1. The molecule has 56 valence electrons. The number of hydrogen-bond acceptors (Lipinski definition) is 3. The highest BCUT2D eigenvalue weighted by molar-refractivity contribution is 8.00. The second kappa shape index (κ2) is 3.85.